The molecule has 4 aliphatic carbocycles. The van der Waals surface area contributed by atoms with Crippen molar-refractivity contribution in [3.63, 3.8) is 0 Å². The predicted octanol–water partition coefficient (Wildman–Crippen LogP) is 5.48. The van der Waals surface area contributed by atoms with Crippen molar-refractivity contribution >= 4 is 29.5 Å². The molecule has 0 saturated heterocycles. The molecule has 0 spiro atoms. The number of nitrogens with one attached hydrogen (secondary N) is 1. The molecule has 8 heteroatoms. The van der Waals surface area contributed by atoms with Gasteiger partial charge in [-0.15, -0.1) is 18.3 Å². The Bertz CT molecular complexity index is 1020. The standard InChI is InChI=1S/C33H53NO6S/c1-9-31(7)17-26(32(8)20(4)12-14-33(21(5)29(31)37)15-13-25(35)28(32)33)40-27(36)18-41-24-11-10-23(16-24)34-22(6)30(38)39-19(2)3/h9,19-24,26,28-29,34,37H,1,10-18H2,2-8H3/t20-,21+,22?,23?,24?,26-,28+,29+,31-,32+,33?/m1/s1. The lowest BCUT2D eigenvalue weighted by Gasteiger charge is -2.61. The van der Waals surface area contributed by atoms with E-state index >= 15 is 0 Å². The molecule has 4 unspecified atom stereocenters. The van der Waals surface area contributed by atoms with Crippen LogP contribution in [0.4, 0.5) is 0 Å². The lowest BCUT2D eigenvalue weighted by Crippen LogP contribution is -2.63. The maximum Gasteiger partial charge on any atom is 0.323 e. The van der Waals surface area contributed by atoms with Gasteiger partial charge in [0.25, 0.3) is 0 Å². The second-order valence-electron chi connectivity index (χ2n) is 14.4. The fourth-order valence-corrected chi connectivity index (χ4v) is 9.99. The second kappa shape index (κ2) is 12.3. The van der Waals surface area contributed by atoms with Crippen molar-refractivity contribution in [2.45, 2.75) is 135 Å². The highest BCUT2D eigenvalue weighted by molar-refractivity contribution is 8.00. The zero-order valence-corrected chi connectivity index (χ0v) is 27.1. The van der Waals surface area contributed by atoms with E-state index in [0.717, 1.165) is 38.5 Å². The van der Waals surface area contributed by atoms with Gasteiger partial charge in [0.05, 0.1) is 18.0 Å². The van der Waals surface area contributed by atoms with Gasteiger partial charge >= 0.3 is 11.9 Å². The molecule has 41 heavy (non-hydrogen) atoms. The topological polar surface area (TPSA) is 102 Å². The number of rotatable bonds is 9. The zero-order chi connectivity index (χ0) is 30.3. The number of ketones is 1. The van der Waals surface area contributed by atoms with Crippen LogP contribution in [0.25, 0.3) is 0 Å². The summed E-state index contributed by atoms with van der Waals surface area (Å²) in [5.74, 6) is -0.0110. The number of ether oxygens (including phenoxy) is 2. The lowest BCUT2D eigenvalue weighted by atomic mass is 9.44. The number of Topliss-reactive ketones (excluding diaryl/α,β-unsaturated/α-hetero) is 1. The number of aliphatic hydroxyl groups excluding tert-OH is 1. The van der Waals surface area contributed by atoms with Crippen LogP contribution in [0.15, 0.2) is 12.7 Å². The Balaban J connectivity index is 1.45. The lowest BCUT2D eigenvalue weighted by molar-refractivity contribution is -0.205. The molecule has 0 aromatic rings. The molecule has 0 radical (unpaired) electrons. The van der Waals surface area contributed by atoms with Gasteiger partial charge in [-0.25, -0.2) is 0 Å². The average molecular weight is 592 g/mol. The van der Waals surface area contributed by atoms with E-state index in [1.807, 2.05) is 33.8 Å². The summed E-state index contributed by atoms with van der Waals surface area (Å²) in [5, 5.41) is 15.4. The van der Waals surface area contributed by atoms with Gasteiger partial charge in [-0.05, 0) is 83.0 Å². The van der Waals surface area contributed by atoms with E-state index in [1.165, 1.54) is 0 Å². The van der Waals surface area contributed by atoms with Crippen molar-refractivity contribution in [1.29, 1.82) is 0 Å². The first-order valence-corrected chi connectivity index (χ1v) is 16.8. The molecule has 11 atom stereocenters. The molecule has 4 aliphatic rings. The maximum absolute atomic E-state index is 13.6. The molecule has 4 rings (SSSR count). The van der Waals surface area contributed by atoms with E-state index < -0.39 is 23.0 Å². The van der Waals surface area contributed by atoms with Crippen molar-refractivity contribution in [2.75, 3.05) is 5.75 Å². The SMILES string of the molecule is C=C[C@]1(C)C[C@@H](OC(=O)CSC2CCC(NC(C)C(=O)OC(C)C)C2)[C@]2(C)[C@H](C)CCC3(CCC(=O)[C@H]32)[C@@H](C)[C@@H]1O. The Morgan fingerprint density at radius 1 is 1.17 bits per heavy atom. The van der Waals surface area contributed by atoms with Gasteiger partial charge in [-0.3, -0.25) is 14.4 Å². The van der Waals surface area contributed by atoms with Gasteiger partial charge < -0.3 is 19.9 Å². The molecular weight excluding hydrogens is 538 g/mol. The molecule has 232 valence electrons. The number of hydrogen-bond donors (Lipinski definition) is 2. The molecule has 2 bridgehead atoms. The average Bonchev–Trinajstić information content (AvgIpc) is 3.52. The summed E-state index contributed by atoms with van der Waals surface area (Å²) >= 11 is 1.62. The second-order valence-corrected chi connectivity index (χ2v) is 15.7. The highest BCUT2D eigenvalue weighted by Crippen LogP contribution is 2.68. The van der Waals surface area contributed by atoms with Crippen LogP contribution < -0.4 is 5.32 Å². The molecule has 0 aromatic heterocycles. The smallest absolute Gasteiger partial charge is 0.323 e. The van der Waals surface area contributed by atoms with Crippen molar-refractivity contribution < 1.29 is 29.0 Å². The number of esters is 2. The Morgan fingerprint density at radius 3 is 2.54 bits per heavy atom. The first-order chi connectivity index (χ1) is 19.2. The summed E-state index contributed by atoms with van der Waals surface area (Å²) in [5.41, 5.74) is -1.39. The number of thioether (sulfide) groups is 1. The van der Waals surface area contributed by atoms with Gasteiger partial charge in [-0.2, -0.15) is 0 Å². The third-order valence-electron chi connectivity index (χ3n) is 11.6. The molecular formula is C33H53NO6S. The highest BCUT2D eigenvalue weighted by Gasteiger charge is 2.68. The van der Waals surface area contributed by atoms with Crippen LogP contribution in [-0.4, -0.2) is 64.2 Å². The Labute approximate surface area is 251 Å². The maximum atomic E-state index is 13.6. The Morgan fingerprint density at radius 2 is 1.88 bits per heavy atom. The summed E-state index contributed by atoms with van der Waals surface area (Å²) < 4.78 is 11.7. The minimum Gasteiger partial charge on any atom is -0.462 e. The minimum atomic E-state index is -0.662. The highest BCUT2D eigenvalue weighted by atomic mass is 32.2. The fourth-order valence-electron chi connectivity index (χ4n) is 8.88. The van der Waals surface area contributed by atoms with Crippen LogP contribution in [0.3, 0.4) is 0 Å². The van der Waals surface area contributed by atoms with Gasteiger partial charge in [0.15, 0.2) is 0 Å². The Hall–Kier alpha value is -1.38. The van der Waals surface area contributed by atoms with E-state index in [4.69, 9.17) is 9.47 Å². The summed E-state index contributed by atoms with van der Waals surface area (Å²) in [6.07, 6.45) is 7.04. The monoisotopic (exact) mass is 591 g/mol. The summed E-state index contributed by atoms with van der Waals surface area (Å²) in [4.78, 5) is 39.2. The van der Waals surface area contributed by atoms with Gasteiger partial charge in [0, 0.05) is 34.5 Å². The van der Waals surface area contributed by atoms with Crippen LogP contribution in [0.1, 0.15) is 99.8 Å². The van der Waals surface area contributed by atoms with Crippen LogP contribution in [0, 0.1) is 34.0 Å². The summed E-state index contributed by atoms with van der Waals surface area (Å²) in [7, 11) is 0. The van der Waals surface area contributed by atoms with Crippen molar-refractivity contribution in [2.24, 2.45) is 34.0 Å². The zero-order valence-electron chi connectivity index (χ0n) is 26.2. The van der Waals surface area contributed by atoms with Crippen LogP contribution >= 0.6 is 11.8 Å². The predicted molar refractivity (Wildman–Crippen MR) is 162 cm³/mol. The van der Waals surface area contributed by atoms with Gasteiger partial charge in [0.2, 0.25) is 0 Å². The molecule has 0 amide bonds. The summed E-state index contributed by atoms with van der Waals surface area (Å²) in [6.45, 7) is 18.2. The van der Waals surface area contributed by atoms with Gasteiger partial charge in [0.1, 0.15) is 17.9 Å². The third kappa shape index (κ3) is 6.04. The van der Waals surface area contributed by atoms with Crippen LogP contribution in [0.2, 0.25) is 0 Å². The molecule has 7 nitrogen and oxygen atoms in total. The van der Waals surface area contributed by atoms with Crippen molar-refractivity contribution in [1.82, 2.24) is 5.32 Å². The van der Waals surface area contributed by atoms with E-state index in [0.29, 0.717) is 18.1 Å². The third-order valence-corrected chi connectivity index (χ3v) is 12.9. The number of carbonyl (C=O) groups excluding carboxylic acids is 3. The first kappa shape index (κ1) is 32.5. The van der Waals surface area contributed by atoms with Crippen LogP contribution in [0.5, 0.6) is 0 Å². The summed E-state index contributed by atoms with van der Waals surface area (Å²) in [6, 6.07) is -0.152. The quantitative estimate of drug-likeness (QED) is 0.269. The molecule has 4 saturated carbocycles. The minimum absolute atomic E-state index is 0.0418. The molecule has 0 aliphatic heterocycles. The largest absolute Gasteiger partial charge is 0.462 e. The van der Waals surface area contributed by atoms with E-state index in [9.17, 15) is 19.5 Å². The number of carbonyl (C=O) groups is 3. The molecule has 0 heterocycles. The van der Waals surface area contributed by atoms with E-state index in [1.54, 1.807) is 11.8 Å². The van der Waals surface area contributed by atoms with Crippen molar-refractivity contribution in [3.8, 4) is 0 Å². The molecule has 4 fully saturated rings. The number of aliphatic hydroxyl groups is 1. The fraction of sp³-hybridized carbons (Fsp3) is 0.848. The van der Waals surface area contributed by atoms with E-state index in [-0.39, 0.29) is 64.8 Å². The normalized spacial score (nSPS) is 43.1. The number of hydrogen-bond acceptors (Lipinski definition) is 8. The molecule has 2 N–H and O–H groups in total. The van der Waals surface area contributed by atoms with Crippen molar-refractivity contribution in [3.05, 3.63) is 12.7 Å². The van der Waals surface area contributed by atoms with E-state index in [2.05, 4.69) is 32.7 Å². The van der Waals surface area contributed by atoms with Gasteiger partial charge in [-0.1, -0.05) is 33.8 Å². The Kier molecular flexibility index (Phi) is 9.77. The first-order valence-electron chi connectivity index (χ1n) is 15.8. The van der Waals surface area contributed by atoms with Crippen LogP contribution in [-0.2, 0) is 23.9 Å². The molecule has 0 aromatic carbocycles.